The Bertz CT molecular complexity index is 1280. The van der Waals surface area contributed by atoms with Crippen LogP contribution in [-0.2, 0) is 0 Å². The van der Waals surface area contributed by atoms with Gasteiger partial charge in [0, 0.05) is 22.3 Å². The number of ether oxygens (including phenoxy) is 1. The van der Waals surface area contributed by atoms with Crippen molar-refractivity contribution in [3.63, 3.8) is 0 Å². The number of benzene rings is 4. The Morgan fingerprint density at radius 3 is 2.42 bits per heavy atom. The molecule has 0 aliphatic heterocycles. The lowest BCUT2D eigenvalue weighted by atomic mass is 10.1. The molecule has 0 saturated carbocycles. The van der Waals surface area contributed by atoms with Crippen LogP contribution in [0.2, 0.25) is 0 Å². The zero-order valence-corrected chi connectivity index (χ0v) is 18.1. The third-order valence-corrected chi connectivity index (χ3v) is 5.28. The molecular weight excluding hydrogens is 404 g/mol. The lowest BCUT2D eigenvalue weighted by molar-refractivity contribution is 0.102. The lowest BCUT2D eigenvalue weighted by Crippen LogP contribution is -2.17. The number of carbonyl (C=O) groups is 1. The minimum atomic E-state index is -0.207. The number of hydrogen-bond acceptors (Lipinski definition) is 3. The second-order valence-electron chi connectivity index (χ2n) is 7.32. The van der Waals surface area contributed by atoms with Gasteiger partial charge in [-0.2, -0.15) is 0 Å². The van der Waals surface area contributed by atoms with Gasteiger partial charge in [-0.05, 0) is 79.0 Å². The summed E-state index contributed by atoms with van der Waals surface area (Å²) in [6, 6.07) is 26.8. The molecule has 4 aromatic carbocycles. The molecule has 0 radical (unpaired) electrons. The molecule has 0 saturated heterocycles. The minimum Gasteiger partial charge on any atom is -0.432 e. The molecule has 4 nitrogen and oxygen atoms in total. The van der Waals surface area contributed by atoms with Crippen molar-refractivity contribution in [2.45, 2.75) is 13.8 Å². The topological polar surface area (TPSA) is 50.4 Å². The van der Waals surface area contributed by atoms with Crippen molar-refractivity contribution in [1.82, 2.24) is 0 Å². The van der Waals surface area contributed by atoms with E-state index in [1.165, 1.54) is 5.56 Å². The largest absolute Gasteiger partial charge is 0.432 e. The molecule has 0 aliphatic rings. The minimum absolute atomic E-state index is 0.207. The van der Waals surface area contributed by atoms with Crippen LogP contribution in [0.5, 0.6) is 5.75 Å². The summed E-state index contributed by atoms with van der Waals surface area (Å²) >= 11 is 5.39. The molecular formula is C26H22N2O2S. The Morgan fingerprint density at radius 2 is 1.58 bits per heavy atom. The van der Waals surface area contributed by atoms with Crippen molar-refractivity contribution in [2.75, 3.05) is 10.6 Å². The summed E-state index contributed by atoms with van der Waals surface area (Å²) in [5.41, 5.74) is 4.42. The number of amides is 1. The lowest BCUT2D eigenvalue weighted by Gasteiger charge is -2.12. The van der Waals surface area contributed by atoms with Crippen molar-refractivity contribution in [3.8, 4) is 5.75 Å². The maximum absolute atomic E-state index is 12.7. The fourth-order valence-corrected chi connectivity index (χ4v) is 3.51. The van der Waals surface area contributed by atoms with E-state index >= 15 is 0 Å². The molecule has 0 heterocycles. The molecule has 0 aliphatic carbocycles. The molecule has 1 amide bonds. The molecule has 0 unspecified atom stereocenters. The molecule has 0 bridgehead atoms. The Labute approximate surface area is 186 Å². The van der Waals surface area contributed by atoms with E-state index < -0.39 is 0 Å². The highest BCUT2D eigenvalue weighted by Crippen LogP contribution is 2.24. The van der Waals surface area contributed by atoms with Crippen molar-refractivity contribution in [3.05, 3.63) is 102 Å². The quantitative estimate of drug-likeness (QED) is 0.367. The van der Waals surface area contributed by atoms with E-state index in [0.29, 0.717) is 11.3 Å². The summed E-state index contributed by atoms with van der Waals surface area (Å²) in [5.74, 6) is 0.284. The molecule has 5 heteroatoms. The van der Waals surface area contributed by atoms with E-state index in [1.54, 1.807) is 24.3 Å². The third kappa shape index (κ3) is 4.90. The molecule has 0 fully saturated rings. The molecule has 154 valence electrons. The zero-order chi connectivity index (χ0) is 21.8. The van der Waals surface area contributed by atoms with Crippen LogP contribution in [0.1, 0.15) is 21.5 Å². The molecule has 31 heavy (non-hydrogen) atoms. The number of anilines is 2. The number of rotatable bonds is 4. The highest BCUT2D eigenvalue weighted by molar-refractivity contribution is 7.80. The van der Waals surface area contributed by atoms with Gasteiger partial charge in [0.25, 0.3) is 11.1 Å². The van der Waals surface area contributed by atoms with Crippen LogP contribution in [0.25, 0.3) is 10.8 Å². The molecule has 4 rings (SSSR count). The van der Waals surface area contributed by atoms with E-state index in [4.69, 9.17) is 17.0 Å². The van der Waals surface area contributed by atoms with Gasteiger partial charge in [0.05, 0.1) is 0 Å². The molecule has 0 aromatic heterocycles. The van der Waals surface area contributed by atoms with E-state index in [-0.39, 0.29) is 11.1 Å². The van der Waals surface area contributed by atoms with Gasteiger partial charge in [-0.15, -0.1) is 0 Å². The number of carbonyl (C=O) groups excluding carboxylic acids is 1. The maximum atomic E-state index is 12.7. The second-order valence-corrected chi connectivity index (χ2v) is 7.69. The van der Waals surface area contributed by atoms with E-state index in [0.717, 1.165) is 27.7 Å². The SMILES string of the molecule is Cc1ccc(NC(=O)c2cccc(OC(=S)Nc3cccc4ccccc34)c2)cc1C. The van der Waals surface area contributed by atoms with Crippen LogP contribution >= 0.6 is 12.2 Å². The molecule has 0 spiro atoms. The van der Waals surface area contributed by atoms with Gasteiger partial charge in [-0.1, -0.05) is 48.5 Å². The van der Waals surface area contributed by atoms with Crippen molar-refractivity contribution >= 4 is 45.4 Å². The summed E-state index contributed by atoms with van der Waals surface area (Å²) in [6.07, 6.45) is 0. The van der Waals surface area contributed by atoms with Gasteiger partial charge in [-0.25, -0.2) is 0 Å². The number of fused-ring (bicyclic) bond motifs is 1. The first-order valence-electron chi connectivity index (χ1n) is 9.95. The van der Waals surface area contributed by atoms with E-state index in [9.17, 15) is 4.79 Å². The van der Waals surface area contributed by atoms with Crippen LogP contribution in [0.15, 0.2) is 84.9 Å². The van der Waals surface area contributed by atoms with Gasteiger partial charge in [-0.3, -0.25) is 4.79 Å². The summed E-state index contributed by atoms with van der Waals surface area (Å²) in [6.45, 7) is 4.06. The standard InChI is InChI=1S/C26H22N2O2S/c1-17-13-14-21(15-18(17)2)27-25(29)20-9-5-10-22(16-20)30-26(31)28-24-12-6-8-19-7-3-4-11-23(19)24/h3-16H,1-2H3,(H,27,29)(H,28,31). The second kappa shape index (κ2) is 8.98. The highest BCUT2D eigenvalue weighted by atomic mass is 32.1. The fraction of sp³-hybridized carbons (Fsp3) is 0.0769. The van der Waals surface area contributed by atoms with Crippen molar-refractivity contribution in [1.29, 1.82) is 0 Å². The van der Waals surface area contributed by atoms with Crippen LogP contribution in [-0.4, -0.2) is 11.1 Å². The first-order valence-corrected chi connectivity index (χ1v) is 10.4. The molecule has 4 aromatic rings. The van der Waals surface area contributed by atoms with Gasteiger partial charge >= 0.3 is 0 Å². The van der Waals surface area contributed by atoms with Gasteiger partial charge in [0.2, 0.25) is 0 Å². The highest BCUT2D eigenvalue weighted by Gasteiger charge is 2.10. The van der Waals surface area contributed by atoms with Crippen LogP contribution in [0, 0.1) is 13.8 Å². The first kappa shape index (κ1) is 20.6. The fourth-order valence-electron chi connectivity index (χ4n) is 3.30. The van der Waals surface area contributed by atoms with E-state index in [1.807, 2.05) is 74.5 Å². The average molecular weight is 427 g/mol. The number of thiocarbonyl (C=S) groups is 1. The van der Waals surface area contributed by atoms with Crippen LogP contribution in [0.3, 0.4) is 0 Å². The van der Waals surface area contributed by atoms with E-state index in [2.05, 4.69) is 10.6 Å². The Balaban J connectivity index is 1.45. The Hall–Kier alpha value is -3.70. The number of aryl methyl sites for hydroxylation is 2. The first-order chi connectivity index (χ1) is 15.0. The Kier molecular flexibility index (Phi) is 5.96. The smallest absolute Gasteiger partial charge is 0.266 e. The normalized spacial score (nSPS) is 10.5. The summed E-state index contributed by atoms with van der Waals surface area (Å²) < 4.78 is 5.78. The average Bonchev–Trinajstić information content (AvgIpc) is 2.77. The zero-order valence-electron chi connectivity index (χ0n) is 17.3. The van der Waals surface area contributed by atoms with Crippen molar-refractivity contribution in [2.24, 2.45) is 0 Å². The summed E-state index contributed by atoms with van der Waals surface area (Å²) in [5, 5.41) is 8.44. The predicted molar refractivity (Wildman–Crippen MR) is 131 cm³/mol. The van der Waals surface area contributed by atoms with Crippen molar-refractivity contribution < 1.29 is 9.53 Å². The van der Waals surface area contributed by atoms with Gasteiger partial charge < -0.3 is 15.4 Å². The Morgan fingerprint density at radius 1 is 0.806 bits per heavy atom. The van der Waals surface area contributed by atoms with Crippen LogP contribution in [0.4, 0.5) is 11.4 Å². The maximum Gasteiger partial charge on any atom is 0.266 e. The van der Waals surface area contributed by atoms with Crippen LogP contribution < -0.4 is 15.4 Å². The third-order valence-electron chi connectivity index (χ3n) is 5.10. The summed E-state index contributed by atoms with van der Waals surface area (Å²) in [4.78, 5) is 12.7. The summed E-state index contributed by atoms with van der Waals surface area (Å²) in [7, 11) is 0. The number of nitrogens with one attached hydrogen (secondary N) is 2. The molecule has 0 atom stereocenters. The van der Waals surface area contributed by atoms with Gasteiger partial charge in [0.15, 0.2) is 0 Å². The monoisotopic (exact) mass is 426 g/mol. The predicted octanol–water partition coefficient (Wildman–Crippen LogP) is 6.48. The van der Waals surface area contributed by atoms with Gasteiger partial charge in [0.1, 0.15) is 5.75 Å². The number of hydrogen-bond donors (Lipinski definition) is 2. The molecule has 2 N–H and O–H groups in total.